The van der Waals surface area contributed by atoms with Gasteiger partial charge in [-0.05, 0) is 36.5 Å². The molecule has 0 fully saturated rings. The van der Waals surface area contributed by atoms with E-state index in [9.17, 15) is 4.79 Å². The molecule has 0 spiro atoms. The van der Waals surface area contributed by atoms with Crippen LogP contribution in [0, 0.1) is 5.92 Å². The smallest absolute Gasteiger partial charge is 0.313 e. The lowest BCUT2D eigenvalue weighted by atomic mass is 9.97. The summed E-state index contributed by atoms with van der Waals surface area (Å²) < 4.78 is 5.36. The molecule has 1 unspecified atom stereocenters. The number of carbonyl (C=O) groups is 1. The van der Waals surface area contributed by atoms with E-state index in [4.69, 9.17) is 4.74 Å². The van der Waals surface area contributed by atoms with Crippen molar-refractivity contribution in [2.24, 2.45) is 5.92 Å². The molecule has 1 aromatic carbocycles. The fraction of sp³-hybridized carbons (Fsp3) is 0.368. The maximum Gasteiger partial charge on any atom is 0.313 e. The van der Waals surface area contributed by atoms with Gasteiger partial charge >= 0.3 is 5.97 Å². The predicted molar refractivity (Wildman–Crippen MR) is 87.4 cm³/mol. The van der Waals surface area contributed by atoms with Crippen LogP contribution in [0.3, 0.4) is 0 Å². The van der Waals surface area contributed by atoms with E-state index >= 15 is 0 Å². The number of aromatic nitrogens is 1. The van der Waals surface area contributed by atoms with Gasteiger partial charge in [0.15, 0.2) is 0 Å². The normalized spacial score (nSPS) is 12.2. The lowest BCUT2D eigenvalue weighted by Crippen LogP contribution is -2.13. The van der Waals surface area contributed by atoms with Crippen molar-refractivity contribution in [1.82, 2.24) is 4.98 Å². The second kappa shape index (κ2) is 7.74. The molecule has 116 valence electrons. The largest absolute Gasteiger partial charge is 0.460 e. The molecule has 2 aromatic rings. The van der Waals surface area contributed by atoms with Crippen LogP contribution in [0.2, 0.25) is 0 Å². The number of hydrogen-bond acceptors (Lipinski definition) is 3. The average molecular weight is 297 g/mol. The Morgan fingerprint density at radius 3 is 2.41 bits per heavy atom. The van der Waals surface area contributed by atoms with E-state index in [1.165, 1.54) is 5.56 Å². The minimum absolute atomic E-state index is 0.208. The third-order valence-electron chi connectivity index (χ3n) is 3.58. The zero-order valence-corrected chi connectivity index (χ0v) is 13.5. The molecule has 0 saturated carbocycles. The van der Waals surface area contributed by atoms with Gasteiger partial charge in [-0.3, -0.25) is 9.78 Å². The highest BCUT2D eigenvalue weighted by Crippen LogP contribution is 2.19. The Hall–Kier alpha value is -2.16. The zero-order valence-electron chi connectivity index (χ0n) is 13.5. The number of benzene rings is 1. The number of rotatable bonds is 6. The Morgan fingerprint density at radius 2 is 1.82 bits per heavy atom. The lowest BCUT2D eigenvalue weighted by Gasteiger charge is -2.13. The first-order chi connectivity index (χ1) is 10.6. The minimum atomic E-state index is -0.259. The summed E-state index contributed by atoms with van der Waals surface area (Å²) in [6.45, 7) is 6.55. The summed E-state index contributed by atoms with van der Waals surface area (Å²) in [6.07, 6.45) is 4.46. The second-order valence-corrected chi connectivity index (χ2v) is 6.03. The van der Waals surface area contributed by atoms with Crippen LogP contribution in [0.5, 0.6) is 0 Å². The monoisotopic (exact) mass is 297 g/mol. The highest BCUT2D eigenvalue weighted by atomic mass is 16.5. The van der Waals surface area contributed by atoms with Gasteiger partial charge in [0.2, 0.25) is 0 Å². The van der Waals surface area contributed by atoms with E-state index < -0.39 is 0 Å². The van der Waals surface area contributed by atoms with Gasteiger partial charge in [0, 0.05) is 18.0 Å². The van der Waals surface area contributed by atoms with E-state index in [2.05, 4.69) is 31.0 Å². The predicted octanol–water partition coefficient (Wildman–Crippen LogP) is 4.13. The lowest BCUT2D eigenvalue weighted by molar-refractivity contribution is -0.146. The fourth-order valence-corrected chi connectivity index (χ4v) is 2.31. The molecule has 0 saturated heterocycles. The van der Waals surface area contributed by atoms with Crippen molar-refractivity contribution >= 4 is 5.97 Å². The Balaban J connectivity index is 1.92. The van der Waals surface area contributed by atoms with Crippen molar-refractivity contribution in [2.75, 3.05) is 0 Å². The number of carbonyl (C=O) groups excluding carboxylic acids is 1. The molecular weight excluding hydrogens is 274 g/mol. The molecule has 0 N–H and O–H groups in total. The molecule has 3 heteroatoms. The molecule has 0 aliphatic carbocycles. The van der Waals surface area contributed by atoms with Crippen LogP contribution in [0.1, 0.15) is 43.4 Å². The molecule has 0 aliphatic heterocycles. The molecule has 0 amide bonds. The summed E-state index contributed by atoms with van der Waals surface area (Å²) in [5, 5.41) is 0. The summed E-state index contributed by atoms with van der Waals surface area (Å²) in [5.74, 6) is 0.165. The van der Waals surface area contributed by atoms with Crippen molar-refractivity contribution in [1.29, 1.82) is 0 Å². The molecule has 2 rings (SSSR count). The molecule has 0 aliphatic rings. The third-order valence-corrected chi connectivity index (χ3v) is 3.58. The van der Waals surface area contributed by atoms with E-state index in [0.717, 1.165) is 17.5 Å². The number of nitrogens with zero attached hydrogens (tertiary/aromatic N) is 1. The van der Waals surface area contributed by atoms with Gasteiger partial charge < -0.3 is 4.74 Å². The van der Waals surface area contributed by atoms with Gasteiger partial charge in [-0.15, -0.1) is 0 Å². The van der Waals surface area contributed by atoms with Crippen molar-refractivity contribution in [3.05, 3.63) is 65.5 Å². The highest BCUT2D eigenvalue weighted by Gasteiger charge is 2.16. The van der Waals surface area contributed by atoms with Crippen molar-refractivity contribution < 1.29 is 9.53 Å². The summed E-state index contributed by atoms with van der Waals surface area (Å²) in [5.41, 5.74) is 3.19. The Bertz CT molecular complexity index is 591. The summed E-state index contributed by atoms with van der Waals surface area (Å²) in [4.78, 5) is 16.1. The molecule has 1 atom stereocenters. The summed E-state index contributed by atoms with van der Waals surface area (Å²) in [7, 11) is 0. The van der Waals surface area contributed by atoms with Gasteiger partial charge in [0.25, 0.3) is 0 Å². The SMILES string of the molecule is CC(C)Cc1ccc(C(C)C(=O)OCc2cccnc2)cc1. The van der Waals surface area contributed by atoms with Crippen LogP contribution in [-0.2, 0) is 22.6 Å². The van der Waals surface area contributed by atoms with Gasteiger partial charge in [0.1, 0.15) is 6.61 Å². The van der Waals surface area contributed by atoms with Crippen LogP contribution < -0.4 is 0 Å². The first-order valence-electron chi connectivity index (χ1n) is 7.70. The molecule has 1 heterocycles. The second-order valence-electron chi connectivity index (χ2n) is 6.03. The Labute approximate surface area is 132 Å². The first-order valence-corrected chi connectivity index (χ1v) is 7.70. The summed E-state index contributed by atoms with van der Waals surface area (Å²) in [6, 6.07) is 12.0. The highest BCUT2D eigenvalue weighted by molar-refractivity contribution is 5.77. The molecule has 3 nitrogen and oxygen atoms in total. The molecule has 0 radical (unpaired) electrons. The van der Waals surface area contributed by atoms with E-state index in [1.54, 1.807) is 12.4 Å². The van der Waals surface area contributed by atoms with Crippen LogP contribution in [0.15, 0.2) is 48.8 Å². The number of ether oxygens (including phenoxy) is 1. The maximum atomic E-state index is 12.1. The van der Waals surface area contributed by atoms with Gasteiger partial charge in [-0.1, -0.05) is 44.2 Å². The quantitative estimate of drug-likeness (QED) is 0.753. The van der Waals surface area contributed by atoms with Crippen molar-refractivity contribution in [2.45, 2.75) is 39.7 Å². The Kier molecular flexibility index (Phi) is 5.70. The minimum Gasteiger partial charge on any atom is -0.460 e. The number of esters is 1. The van der Waals surface area contributed by atoms with Crippen molar-refractivity contribution in [3.63, 3.8) is 0 Å². The topological polar surface area (TPSA) is 39.2 Å². The standard InChI is InChI=1S/C19H23NO2/c1-14(2)11-16-6-8-18(9-7-16)15(3)19(21)22-13-17-5-4-10-20-12-17/h4-10,12,14-15H,11,13H2,1-3H3. The third kappa shape index (κ3) is 4.69. The van der Waals surface area contributed by atoms with Gasteiger partial charge in [-0.2, -0.15) is 0 Å². The van der Waals surface area contributed by atoms with E-state index in [1.807, 2.05) is 31.2 Å². The molecular formula is C19H23NO2. The number of hydrogen-bond donors (Lipinski definition) is 0. The molecule has 22 heavy (non-hydrogen) atoms. The Morgan fingerprint density at radius 1 is 1.09 bits per heavy atom. The fourth-order valence-electron chi connectivity index (χ4n) is 2.31. The van der Waals surface area contributed by atoms with E-state index in [0.29, 0.717) is 5.92 Å². The van der Waals surface area contributed by atoms with E-state index in [-0.39, 0.29) is 18.5 Å². The van der Waals surface area contributed by atoms with Gasteiger partial charge in [-0.25, -0.2) is 0 Å². The van der Waals surface area contributed by atoms with Gasteiger partial charge in [0.05, 0.1) is 5.92 Å². The number of pyridine rings is 1. The van der Waals surface area contributed by atoms with Crippen LogP contribution in [0.25, 0.3) is 0 Å². The van der Waals surface area contributed by atoms with Crippen LogP contribution >= 0.6 is 0 Å². The van der Waals surface area contributed by atoms with Crippen LogP contribution in [0.4, 0.5) is 0 Å². The summed E-state index contributed by atoms with van der Waals surface area (Å²) >= 11 is 0. The average Bonchev–Trinajstić information content (AvgIpc) is 2.53. The molecule has 0 bridgehead atoms. The van der Waals surface area contributed by atoms with Crippen molar-refractivity contribution in [3.8, 4) is 0 Å². The molecule has 1 aromatic heterocycles. The first kappa shape index (κ1) is 16.2. The zero-order chi connectivity index (χ0) is 15.9. The maximum absolute atomic E-state index is 12.1. The van der Waals surface area contributed by atoms with Crippen LogP contribution in [-0.4, -0.2) is 11.0 Å².